The Morgan fingerprint density at radius 1 is 1.61 bits per heavy atom. The predicted molar refractivity (Wildman–Crippen MR) is 72.4 cm³/mol. The van der Waals surface area contributed by atoms with Crippen molar-refractivity contribution in [2.24, 2.45) is 0 Å². The molecule has 1 atom stereocenters. The van der Waals surface area contributed by atoms with Gasteiger partial charge in [0, 0.05) is 12.2 Å². The number of nitrogens with two attached hydrogens (primary N) is 1. The van der Waals surface area contributed by atoms with E-state index in [-0.39, 0.29) is 11.2 Å². The monoisotopic (exact) mass is 265 g/mol. The summed E-state index contributed by atoms with van der Waals surface area (Å²) in [7, 11) is 0. The van der Waals surface area contributed by atoms with Crippen LogP contribution in [0.2, 0.25) is 0 Å². The Morgan fingerprint density at radius 3 is 3.11 bits per heavy atom. The molecule has 0 bridgehead atoms. The van der Waals surface area contributed by atoms with Gasteiger partial charge in [-0.25, -0.2) is 4.98 Å². The van der Waals surface area contributed by atoms with E-state index >= 15 is 0 Å². The van der Waals surface area contributed by atoms with Crippen molar-refractivity contribution in [3.8, 4) is 0 Å². The fourth-order valence-electron chi connectivity index (χ4n) is 1.50. The molecule has 96 valence electrons. The Morgan fingerprint density at radius 2 is 2.39 bits per heavy atom. The van der Waals surface area contributed by atoms with Crippen LogP contribution in [-0.2, 0) is 4.79 Å². The number of thioether (sulfide) groups is 1. The molecule has 0 aliphatic rings. The van der Waals surface area contributed by atoms with Crippen molar-refractivity contribution in [2.75, 3.05) is 12.3 Å². The number of rotatable bonds is 4. The van der Waals surface area contributed by atoms with Crippen molar-refractivity contribution < 1.29 is 9.21 Å². The summed E-state index contributed by atoms with van der Waals surface area (Å²) in [4.78, 5) is 15.9. The fraction of sp³-hybridized carbons (Fsp3) is 0.333. The summed E-state index contributed by atoms with van der Waals surface area (Å²) in [6, 6.07) is 5.29. The van der Waals surface area contributed by atoms with Crippen molar-refractivity contribution in [3.63, 3.8) is 0 Å². The van der Waals surface area contributed by atoms with Crippen LogP contribution in [-0.4, -0.2) is 22.7 Å². The van der Waals surface area contributed by atoms with E-state index in [9.17, 15) is 4.79 Å². The molecule has 1 aromatic heterocycles. The number of carbonyl (C=O) groups excluding carboxylic acids is 1. The van der Waals surface area contributed by atoms with Gasteiger partial charge in [0.05, 0.1) is 5.25 Å². The minimum atomic E-state index is -0.240. The highest BCUT2D eigenvalue weighted by Crippen LogP contribution is 2.27. The molecule has 3 N–H and O–H groups in total. The lowest BCUT2D eigenvalue weighted by molar-refractivity contribution is -0.120. The van der Waals surface area contributed by atoms with Crippen molar-refractivity contribution in [3.05, 3.63) is 18.2 Å². The second kappa shape index (κ2) is 5.30. The van der Waals surface area contributed by atoms with Gasteiger partial charge in [-0.2, -0.15) is 0 Å². The second-order valence-electron chi connectivity index (χ2n) is 3.86. The van der Waals surface area contributed by atoms with Gasteiger partial charge in [-0.15, -0.1) is 0 Å². The first-order valence-corrected chi connectivity index (χ1v) is 6.58. The summed E-state index contributed by atoms with van der Waals surface area (Å²) in [6.45, 7) is 4.32. The SMILES string of the molecule is CCNC(=O)C(C)Sc1nc2cc(N)ccc2o1. The lowest BCUT2D eigenvalue weighted by atomic mass is 10.3. The lowest BCUT2D eigenvalue weighted by Crippen LogP contribution is -2.30. The van der Waals surface area contributed by atoms with E-state index in [1.54, 1.807) is 18.2 Å². The largest absolute Gasteiger partial charge is 0.431 e. The van der Waals surface area contributed by atoms with Gasteiger partial charge in [-0.1, -0.05) is 11.8 Å². The molecule has 2 rings (SSSR count). The molecule has 0 saturated heterocycles. The van der Waals surface area contributed by atoms with E-state index in [1.807, 2.05) is 13.8 Å². The first kappa shape index (κ1) is 12.8. The van der Waals surface area contributed by atoms with E-state index in [1.165, 1.54) is 11.8 Å². The number of hydrogen-bond donors (Lipinski definition) is 2. The van der Waals surface area contributed by atoms with E-state index in [0.29, 0.717) is 28.6 Å². The van der Waals surface area contributed by atoms with Gasteiger partial charge < -0.3 is 15.5 Å². The zero-order valence-electron chi connectivity index (χ0n) is 10.3. The number of hydrogen-bond acceptors (Lipinski definition) is 5. The van der Waals surface area contributed by atoms with E-state index in [0.717, 1.165) is 0 Å². The van der Waals surface area contributed by atoms with Gasteiger partial charge in [0.15, 0.2) is 5.58 Å². The Balaban J connectivity index is 2.14. The third-order valence-corrected chi connectivity index (χ3v) is 3.33. The van der Waals surface area contributed by atoms with Crippen molar-refractivity contribution >= 4 is 34.5 Å². The van der Waals surface area contributed by atoms with E-state index < -0.39 is 0 Å². The number of anilines is 1. The van der Waals surface area contributed by atoms with Crippen LogP contribution >= 0.6 is 11.8 Å². The Bertz CT molecular complexity index is 567. The average molecular weight is 265 g/mol. The molecule has 0 spiro atoms. The molecule has 1 amide bonds. The summed E-state index contributed by atoms with van der Waals surface area (Å²) in [5, 5.41) is 3.00. The van der Waals surface area contributed by atoms with Gasteiger partial charge in [0.1, 0.15) is 5.52 Å². The van der Waals surface area contributed by atoms with Crippen LogP contribution in [0.25, 0.3) is 11.1 Å². The molecule has 5 nitrogen and oxygen atoms in total. The maximum Gasteiger partial charge on any atom is 0.257 e. The molecule has 1 heterocycles. The zero-order chi connectivity index (χ0) is 13.1. The highest BCUT2D eigenvalue weighted by Gasteiger charge is 2.17. The molecule has 0 saturated carbocycles. The van der Waals surface area contributed by atoms with Gasteiger partial charge in [0.2, 0.25) is 5.91 Å². The summed E-state index contributed by atoms with van der Waals surface area (Å²) in [6.07, 6.45) is 0. The highest BCUT2D eigenvalue weighted by atomic mass is 32.2. The Hall–Kier alpha value is -1.69. The van der Waals surface area contributed by atoms with Crippen molar-refractivity contribution in [1.29, 1.82) is 0 Å². The second-order valence-corrected chi connectivity index (χ2v) is 5.15. The number of benzene rings is 1. The quantitative estimate of drug-likeness (QED) is 0.653. The first-order valence-electron chi connectivity index (χ1n) is 5.70. The molecule has 0 radical (unpaired) electrons. The minimum absolute atomic E-state index is 0.0238. The Kier molecular flexibility index (Phi) is 3.76. The number of fused-ring (bicyclic) bond motifs is 1. The van der Waals surface area contributed by atoms with Crippen LogP contribution in [0.1, 0.15) is 13.8 Å². The number of nitrogen functional groups attached to an aromatic ring is 1. The summed E-state index contributed by atoms with van der Waals surface area (Å²) in [5.74, 6) is -0.0238. The lowest BCUT2D eigenvalue weighted by Gasteiger charge is -2.07. The third-order valence-electron chi connectivity index (χ3n) is 2.39. The first-order chi connectivity index (χ1) is 8.60. The molecular formula is C12H15N3O2S. The van der Waals surface area contributed by atoms with Gasteiger partial charge in [-0.05, 0) is 32.0 Å². The molecule has 18 heavy (non-hydrogen) atoms. The number of oxazole rings is 1. The maximum absolute atomic E-state index is 11.6. The van der Waals surface area contributed by atoms with E-state index in [4.69, 9.17) is 10.2 Å². The minimum Gasteiger partial charge on any atom is -0.431 e. The van der Waals surface area contributed by atoms with Crippen molar-refractivity contribution in [2.45, 2.75) is 24.3 Å². The summed E-state index contributed by atoms with van der Waals surface area (Å²) < 4.78 is 5.54. The third kappa shape index (κ3) is 2.76. The average Bonchev–Trinajstić information content (AvgIpc) is 2.70. The molecule has 0 aliphatic carbocycles. The van der Waals surface area contributed by atoms with Crippen LogP contribution in [0, 0.1) is 0 Å². The molecule has 1 aromatic carbocycles. The standard InChI is InChI=1S/C12H15N3O2S/c1-3-14-11(16)7(2)18-12-15-9-6-8(13)4-5-10(9)17-12/h4-7H,3,13H2,1-2H3,(H,14,16). The smallest absolute Gasteiger partial charge is 0.257 e. The Labute approximate surface area is 109 Å². The molecule has 6 heteroatoms. The number of amides is 1. The summed E-state index contributed by atoms with van der Waals surface area (Å²) >= 11 is 1.29. The fourth-order valence-corrected chi connectivity index (χ4v) is 2.28. The normalized spacial score (nSPS) is 12.6. The van der Waals surface area contributed by atoms with Gasteiger partial charge in [0.25, 0.3) is 5.22 Å². The summed E-state index contributed by atoms with van der Waals surface area (Å²) in [5.41, 5.74) is 7.70. The predicted octanol–water partition coefficient (Wildman–Crippen LogP) is 2.03. The van der Waals surface area contributed by atoms with Crippen LogP contribution in [0.3, 0.4) is 0 Å². The number of carbonyl (C=O) groups is 1. The zero-order valence-corrected chi connectivity index (χ0v) is 11.1. The molecule has 0 aliphatic heterocycles. The van der Waals surface area contributed by atoms with Gasteiger partial charge in [-0.3, -0.25) is 4.79 Å². The van der Waals surface area contributed by atoms with Crippen LogP contribution in [0.15, 0.2) is 27.8 Å². The maximum atomic E-state index is 11.6. The molecular weight excluding hydrogens is 250 g/mol. The van der Waals surface area contributed by atoms with Crippen LogP contribution < -0.4 is 11.1 Å². The van der Waals surface area contributed by atoms with Crippen molar-refractivity contribution in [1.82, 2.24) is 10.3 Å². The number of aromatic nitrogens is 1. The number of nitrogens with zero attached hydrogens (tertiary/aromatic N) is 1. The van der Waals surface area contributed by atoms with Gasteiger partial charge >= 0.3 is 0 Å². The van der Waals surface area contributed by atoms with Crippen LogP contribution in [0.4, 0.5) is 5.69 Å². The number of nitrogens with one attached hydrogen (secondary N) is 1. The highest BCUT2D eigenvalue weighted by molar-refractivity contribution is 8.00. The molecule has 0 fully saturated rings. The van der Waals surface area contributed by atoms with E-state index in [2.05, 4.69) is 10.3 Å². The van der Waals surface area contributed by atoms with Crippen LogP contribution in [0.5, 0.6) is 0 Å². The topological polar surface area (TPSA) is 81.2 Å². The molecule has 2 aromatic rings. The molecule has 1 unspecified atom stereocenters.